The van der Waals surface area contributed by atoms with E-state index in [-0.39, 0.29) is 24.5 Å². The summed E-state index contributed by atoms with van der Waals surface area (Å²) in [5.74, 6) is 0.410. The molecule has 0 heterocycles. The molecule has 106 valence electrons. The van der Waals surface area contributed by atoms with Crippen LogP contribution in [0.3, 0.4) is 0 Å². The second-order valence-corrected chi connectivity index (χ2v) is 5.35. The first-order chi connectivity index (χ1) is 8.77. The van der Waals surface area contributed by atoms with Crippen LogP contribution in [-0.2, 0) is 4.79 Å². The molecule has 0 aromatic heterocycles. The fourth-order valence-electron chi connectivity index (χ4n) is 2.68. The largest absolute Gasteiger partial charge is 0.396 e. The number of amides is 1. The van der Waals surface area contributed by atoms with Gasteiger partial charge in [-0.25, -0.2) is 0 Å². The lowest BCUT2D eigenvalue weighted by Gasteiger charge is -2.30. The van der Waals surface area contributed by atoms with Crippen LogP contribution in [0.2, 0.25) is 0 Å². The highest BCUT2D eigenvalue weighted by atomic mass is 16.3. The van der Waals surface area contributed by atoms with Crippen molar-refractivity contribution in [2.45, 2.75) is 63.8 Å². The highest BCUT2D eigenvalue weighted by molar-refractivity contribution is 5.76. The third-order valence-corrected chi connectivity index (χ3v) is 3.85. The normalized spacial score (nSPS) is 23.9. The summed E-state index contributed by atoms with van der Waals surface area (Å²) in [7, 11) is 0. The van der Waals surface area contributed by atoms with Crippen molar-refractivity contribution in [3.05, 3.63) is 0 Å². The third kappa shape index (κ3) is 5.83. The molecule has 0 radical (unpaired) electrons. The number of hydrogen-bond donors (Lipinski definition) is 3. The fourth-order valence-corrected chi connectivity index (χ4v) is 2.68. The smallest absolute Gasteiger partial charge is 0.220 e. The SMILES string of the molecule is NCCCCCCC(=O)NC1CCCCC1CO. The van der Waals surface area contributed by atoms with Crippen molar-refractivity contribution in [1.29, 1.82) is 0 Å². The molecule has 4 heteroatoms. The maximum absolute atomic E-state index is 11.8. The second kappa shape index (κ2) is 9.34. The first-order valence-corrected chi connectivity index (χ1v) is 7.38. The number of carbonyl (C=O) groups excluding carboxylic acids is 1. The second-order valence-electron chi connectivity index (χ2n) is 5.35. The van der Waals surface area contributed by atoms with Crippen LogP contribution in [0.5, 0.6) is 0 Å². The predicted molar refractivity (Wildman–Crippen MR) is 73.1 cm³/mol. The van der Waals surface area contributed by atoms with Crippen LogP contribution in [-0.4, -0.2) is 30.2 Å². The van der Waals surface area contributed by atoms with Gasteiger partial charge < -0.3 is 16.2 Å². The Kier molecular flexibility index (Phi) is 8.01. The van der Waals surface area contributed by atoms with Gasteiger partial charge in [-0.05, 0) is 32.2 Å². The first-order valence-electron chi connectivity index (χ1n) is 7.38. The van der Waals surface area contributed by atoms with Crippen LogP contribution in [0.25, 0.3) is 0 Å². The lowest BCUT2D eigenvalue weighted by atomic mass is 9.85. The van der Waals surface area contributed by atoms with Crippen LogP contribution in [0.4, 0.5) is 0 Å². The van der Waals surface area contributed by atoms with E-state index in [1.165, 1.54) is 6.42 Å². The summed E-state index contributed by atoms with van der Waals surface area (Å²) < 4.78 is 0. The minimum atomic E-state index is 0.146. The number of aliphatic hydroxyl groups is 1. The van der Waals surface area contributed by atoms with Crippen molar-refractivity contribution < 1.29 is 9.90 Å². The summed E-state index contributed by atoms with van der Waals surface area (Å²) in [4.78, 5) is 11.8. The summed E-state index contributed by atoms with van der Waals surface area (Å²) in [5.41, 5.74) is 5.42. The number of unbranched alkanes of at least 4 members (excludes halogenated alkanes) is 3. The number of nitrogens with one attached hydrogen (secondary N) is 1. The Morgan fingerprint density at radius 3 is 2.61 bits per heavy atom. The Bertz CT molecular complexity index is 234. The van der Waals surface area contributed by atoms with Gasteiger partial charge in [0.05, 0.1) is 0 Å². The Labute approximate surface area is 110 Å². The highest BCUT2D eigenvalue weighted by Gasteiger charge is 2.25. The van der Waals surface area contributed by atoms with E-state index in [9.17, 15) is 9.90 Å². The molecule has 1 amide bonds. The van der Waals surface area contributed by atoms with E-state index in [4.69, 9.17) is 5.73 Å². The van der Waals surface area contributed by atoms with Crippen molar-refractivity contribution in [2.75, 3.05) is 13.2 Å². The zero-order valence-electron chi connectivity index (χ0n) is 11.4. The van der Waals surface area contributed by atoms with Gasteiger partial charge in [0.2, 0.25) is 5.91 Å². The molecule has 2 atom stereocenters. The number of rotatable bonds is 8. The molecule has 1 fully saturated rings. The number of hydrogen-bond acceptors (Lipinski definition) is 3. The Balaban J connectivity index is 2.14. The molecule has 0 bridgehead atoms. The van der Waals surface area contributed by atoms with Crippen molar-refractivity contribution in [3.8, 4) is 0 Å². The van der Waals surface area contributed by atoms with Gasteiger partial charge in [-0.15, -0.1) is 0 Å². The Morgan fingerprint density at radius 2 is 1.89 bits per heavy atom. The molecule has 0 saturated heterocycles. The molecule has 18 heavy (non-hydrogen) atoms. The van der Waals surface area contributed by atoms with Crippen LogP contribution in [0.1, 0.15) is 57.8 Å². The molecular formula is C14H28N2O2. The third-order valence-electron chi connectivity index (χ3n) is 3.85. The molecule has 0 aliphatic heterocycles. The summed E-state index contributed by atoms with van der Waals surface area (Å²) in [5, 5.41) is 12.4. The maximum atomic E-state index is 11.8. The standard InChI is InChI=1S/C14H28N2O2/c15-10-6-2-1-3-9-14(18)16-13-8-5-4-7-12(13)11-17/h12-13,17H,1-11,15H2,(H,16,18). The molecule has 1 rings (SSSR count). The quantitative estimate of drug-likeness (QED) is 0.577. The Hall–Kier alpha value is -0.610. The zero-order chi connectivity index (χ0) is 13.2. The summed E-state index contributed by atoms with van der Waals surface area (Å²) in [6, 6.07) is 0.195. The molecule has 4 N–H and O–H groups in total. The minimum Gasteiger partial charge on any atom is -0.396 e. The number of aliphatic hydroxyl groups excluding tert-OH is 1. The molecular weight excluding hydrogens is 228 g/mol. The van der Waals surface area contributed by atoms with E-state index in [1.54, 1.807) is 0 Å². The first kappa shape index (κ1) is 15.4. The maximum Gasteiger partial charge on any atom is 0.220 e. The molecule has 1 aliphatic rings. The Morgan fingerprint density at radius 1 is 1.17 bits per heavy atom. The van der Waals surface area contributed by atoms with E-state index >= 15 is 0 Å². The van der Waals surface area contributed by atoms with Crippen molar-refractivity contribution in [1.82, 2.24) is 5.32 Å². The van der Waals surface area contributed by atoms with Crippen molar-refractivity contribution in [2.24, 2.45) is 11.7 Å². The van der Waals surface area contributed by atoms with Gasteiger partial charge in [0, 0.05) is 25.0 Å². The molecule has 2 unspecified atom stereocenters. The number of carbonyl (C=O) groups is 1. The monoisotopic (exact) mass is 256 g/mol. The van der Waals surface area contributed by atoms with Crippen molar-refractivity contribution in [3.63, 3.8) is 0 Å². The lowest BCUT2D eigenvalue weighted by Crippen LogP contribution is -2.43. The topological polar surface area (TPSA) is 75.4 Å². The van der Waals surface area contributed by atoms with Gasteiger partial charge in [0.15, 0.2) is 0 Å². The van der Waals surface area contributed by atoms with Gasteiger partial charge in [0.1, 0.15) is 0 Å². The number of nitrogens with two attached hydrogens (primary N) is 1. The molecule has 4 nitrogen and oxygen atoms in total. The van der Waals surface area contributed by atoms with E-state index in [0.29, 0.717) is 6.42 Å². The summed E-state index contributed by atoms with van der Waals surface area (Å²) in [6.45, 7) is 0.938. The van der Waals surface area contributed by atoms with Gasteiger partial charge in [-0.2, -0.15) is 0 Å². The summed E-state index contributed by atoms with van der Waals surface area (Å²) in [6.07, 6.45) is 9.21. The molecule has 1 saturated carbocycles. The van der Waals surface area contributed by atoms with Crippen LogP contribution in [0.15, 0.2) is 0 Å². The average molecular weight is 256 g/mol. The minimum absolute atomic E-state index is 0.146. The van der Waals surface area contributed by atoms with E-state index in [1.807, 2.05) is 0 Å². The van der Waals surface area contributed by atoms with Crippen LogP contribution >= 0.6 is 0 Å². The summed E-state index contributed by atoms with van der Waals surface area (Å²) >= 11 is 0. The average Bonchev–Trinajstić information content (AvgIpc) is 2.39. The van der Waals surface area contributed by atoms with Gasteiger partial charge >= 0.3 is 0 Å². The van der Waals surface area contributed by atoms with Gasteiger partial charge in [-0.1, -0.05) is 25.7 Å². The van der Waals surface area contributed by atoms with Gasteiger partial charge in [-0.3, -0.25) is 4.79 Å². The van der Waals surface area contributed by atoms with Crippen LogP contribution in [0, 0.1) is 5.92 Å². The molecule has 0 aromatic carbocycles. The van der Waals surface area contributed by atoms with Crippen molar-refractivity contribution >= 4 is 5.91 Å². The van der Waals surface area contributed by atoms with Gasteiger partial charge in [0.25, 0.3) is 0 Å². The van der Waals surface area contributed by atoms with E-state index < -0.39 is 0 Å². The molecule has 0 aromatic rings. The highest BCUT2D eigenvalue weighted by Crippen LogP contribution is 2.24. The predicted octanol–water partition coefficient (Wildman–Crippen LogP) is 1.56. The lowest BCUT2D eigenvalue weighted by molar-refractivity contribution is -0.122. The van der Waals surface area contributed by atoms with E-state index in [2.05, 4.69) is 5.32 Å². The van der Waals surface area contributed by atoms with Crippen LogP contribution < -0.4 is 11.1 Å². The zero-order valence-corrected chi connectivity index (χ0v) is 11.4. The molecule has 0 spiro atoms. The molecule has 1 aliphatic carbocycles. The van der Waals surface area contributed by atoms with E-state index in [0.717, 1.165) is 51.5 Å². The fraction of sp³-hybridized carbons (Fsp3) is 0.929.